The maximum absolute atomic E-state index is 9.37. The van der Waals surface area contributed by atoms with E-state index < -0.39 is 0 Å². The summed E-state index contributed by atoms with van der Waals surface area (Å²) in [6, 6.07) is 8.27. The van der Waals surface area contributed by atoms with Crippen molar-refractivity contribution < 1.29 is 9.84 Å². The highest BCUT2D eigenvalue weighted by molar-refractivity contribution is 5.92. The molecule has 1 fully saturated rings. The van der Waals surface area contributed by atoms with Crippen LogP contribution in [0.3, 0.4) is 0 Å². The van der Waals surface area contributed by atoms with E-state index in [1.807, 2.05) is 16.8 Å². The average molecular weight is 364 g/mol. The molecule has 0 saturated carbocycles. The van der Waals surface area contributed by atoms with Crippen molar-refractivity contribution >= 4 is 28.0 Å². The molecule has 138 valence electrons. The Morgan fingerprint density at radius 3 is 2.89 bits per heavy atom. The number of hydrogen-bond donors (Lipinski definition) is 2. The van der Waals surface area contributed by atoms with Crippen LogP contribution in [0.15, 0.2) is 36.8 Å². The van der Waals surface area contributed by atoms with Crippen molar-refractivity contribution in [1.29, 1.82) is 0 Å². The third-order valence-corrected chi connectivity index (χ3v) is 4.92. The molecule has 0 atom stereocenters. The second-order valence-electron chi connectivity index (χ2n) is 6.59. The average Bonchev–Trinajstić information content (AvgIpc) is 3.35. The van der Waals surface area contributed by atoms with Gasteiger partial charge in [-0.25, -0.2) is 9.97 Å². The molecule has 4 heterocycles. The first-order chi connectivity index (χ1) is 13.3. The quantitative estimate of drug-likeness (QED) is 0.574. The lowest BCUT2D eigenvalue weighted by molar-refractivity contribution is 0.122. The smallest absolute Gasteiger partial charge is 0.228 e. The van der Waals surface area contributed by atoms with Crippen LogP contribution >= 0.6 is 0 Å². The van der Waals surface area contributed by atoms with Gasteiger partial charge in [-0.15, -0.1) is 0 Å². The zero-order valence-corrected chi connectivity index (χ0v) is 14.8. The monoisotopic (exact) mass is 364 g/mol. The van der Waals surface area contributed by atoms with E-state index >= 15 is 0 Å². The third kappa shape index (κ3) is 2.83. The molecule has 5 rings (SSSR count). The molecular formula is C19H20N6O2. The molecule has 0 bridgehead atoms. The van der Waals surface area contributed by atoms with Gasteiger partial charge in [0.05, 0.1) is 26.1 Å². The van der Waals surface area contributed by atoms with Gasteiger partial charge in [-0.3, -0.25) is 0 Å². The van der Waals surface area contributed by atoms with E-state index in [9.17, 15) is 5.11 Å². The molecule has 1 aromatic carbocycles. The molecule has 8 nitrogen and oxygen atoms in total. The zero-order chi connectivity index (χ0) is 18.2. The topological polar surface area (TPSA) is 92.1 Å². The molecule has 1 aliphatic rings. The van der Waals surface area contributed by atoms with Gasteiger partial charge in [0.2, 0.25) is 5.95 Å². The number of rotatable bonds is 4. The first-order valence-electron chi connectivity index (χ1n) is 9.07. The highest BCUT2D eigenvalue weighted by atomic mass is 16.5. The minimum absolute atomic E-state index is 0.0338. The van der Waals surface area contributed by atoms with Crippen LogP contribution in [0, 0.1) is 0 Å². The summed E-state index contributed by atoms with van der Waals surface area (Å²) in [4.78, 5) is 19.6. The fourth-order valence-corrected chi connectivity index (χ4v) is 3.51. The van der Waals surface area contributed by atoms with Crippen molar-refractivity contribution in [1.82, 2.24) is 24.5 Å². The standard InChI is InChI=1S/C19H20N6O2/c26-8-5-25-12-21-17-16(14-2-1-13-3-4-20-15(13)11-14)22-19(23-18(17)25)24-6-9-27-10-7-24/h1-4,11-12,20,26H,5-10H2. The van der Waals surface area contributed by atoms with Crippen molar-refractivity contribution in [2.24, 2.45) is 0 Å². The van der Waals surface area contributed by atoms with E-state index in [0.29, 0.717) is 25.7 Å². The van der Waals surface area contributed by atoms with Crippen LogP contribution in [0.4, 0.5) is 5.95 Å². The number of morpholine rings is 1. The summed E-state index contributed by atoms with van der Waals surface area (Å²) in [5.41, 5.74) is 4.33. The summed E-state index contributed by atoms with van der Waals surface area (Å²) < 4.78 is 7.33. The molecule has 27 heavy (non-hydrogen) atoms. The van der Waals surface area contributed by atoms with Gasteiger partial charge in [0.25, 0.3) is 0 Å². The van der Waals surface area contributed by atoms with Crippen LogP contribution in [-0.4, -0.2) is 62.5 Å². The summed E-state index contributed by atoms with van der Waals surface area (Å²) >= 11 is 0. The number of hydrogen-bond acceptors (Lipinski definition) is 6. The van der Waals surface area contributed by atoms with E-state index in [4.69, 9.17) is 14.7 Å². The molecule has 0 aliphatic carbocycles. The lowest BCUT2D eigenvalue weighted by Crippen LogP contribution is -2.37. The summed E-state index contributed by atoms with van der Waals surface area (Å²) in [7, 11) is 0. The molecular weight excluding hydrogens is 344 g/mol. The van der Waals surface area contributed by atoms with Gasteiger partial charge >= 0.3 is 0 Å². The minimum atomic E-state index is 0.0338. The van der Waals surface area contributed by atoms with Gasteiger partial charge in [-0.1, -0.05) is 12.1 Å². The van der Waals surface area contributed by atoms with Gasteiger partial charge < -0.3 is 24.3 Å². The largest absolute Gasteiger partial charge is 0.395 e. The second kappa shape index (κ2) is 6.64. The van der Waals surface area contributed by atoms with Crippen molar-refractivity contribution in [2.75, 3.05) is 37.8 Å². The highest BCUT2D eigenvalue weighted by Gasteiger charge is 2.20. The second-order valence-corrected chi connectivity index (χ2v) is 6.59. The van der Waals surface area contributed by atoms with Crippen molar-refractivity contribution in [3.05, 3.63) is 36.8 Å². The lowest BCUT2D eigenvalue weighted by atomic mass is 10.1. The molecule has 0 radical (unpaired) electrons. The van der Waals surface area contributed by atoms with Crippen LogP contribution in [0.5, 0.6) is 0 Å². The van der Waals surface area contributed by atoms with Crippen molar-refractivity contribution in [3.63, 3.8) is 0 Å². The van der Waals surface area contributed by atoms with Crippen molar-refractivity contribution in [3.8, 4) is 11.3 Å². The Morgan fingerprint density at radius 1 is 1.15 bits per heavy atom. The number of nitrogens with zero attached hydrogens (tertiary/aromatic N) is 5. The van der Waals surface area contributed by atoms with E-state index in [2.05, 4.69) is 33.1 Å². The molecule has 0 spiro atoms. The van der Waals surface area contributed by atoms with Gasteiger partial charge in [0.1, 0.15) is 11.2 Å². The van der Waals surface area contributed by atoms with Gasteiger partial charge in [-0.05, 0) is 17.5 Å². The summed E-state index contributed by atoms with van der Waals surface area (Å²) in [5, 5.41) is 10.5. The number of aliphatic hydroxyl groups is 1. The zero-order valence-electron chi connectivity index (χ0n) is 14.8. The number of anilines is 1. The number of ether oxygens (including phenoxy) is 1. The number of nitrogens with one attached hydrogen (secondary N) is 1. The molecule has 4 aromatic rings. The number of H-pyrrole nitrogens is 1. The first-order valence-corrected chi connectivity index (χ1v) is 9.07. The maximum Gasteiger partial charge on any atom is 0.228 e. The Kier molecular flexibility index (Phi) is 3.99. The van der Waals surface area contributed by atoms with Crippen molar-refractivity contribution in [2.45, 2.75) is 6.54 Å². The molecule has 3 aromatic heterocycles. The third-order valence-electron chi connectivity index (χ3n) is 4.92. The predicted molar refractivity (Wildman–Crippen MR) is 103 cm³/mol. The molecule has 0 unspecified atom stereocenters. The first kappa shape index (κ1) is 16.2. The predicted octanol–water partition coefficient (Wildman–Crippen LogP) is 1.80. The maximum atomic E-state index is 9.37. The van der Waals surface area contributed by atoms with Crippen LogP contribution in [0.1, 0.15) is 0 Å². The SMILES string of the molecule is OCCn1cnc2c(-c3ccc4cc[nH]c4c3)nc(N3CCOCC3)nc21. The Labute approximate surface area is 155 Å². The minimum Gasteiger partial charge on any atom is -0.395 e. The molecule has 1 saturated heterocycles. The van der Waals surface area contributed by atoms with Crippen LogP contribution in [0.25, 0.3) is 33.3 Å². The number of aromatic amines is 1. The fraction of sp³-hybridized carbons (Fsp3) is 0.316. The van der Waals surface area contributed by atoms with E-state index in [-0.39, 0.29) is 6.61 Å². The molecule has 1 aliphatic heterocycles. The Bertz CT molecular complexity index is 1100. The summed E-state index contributed by atoms with van der Waals surface area (Å²) in [5.74, 6) is 0.673. The highest BCUT2D eigenvalue weighted by Crippen LogP contribution is 2.29. The molecule has 0 amide bonds. The van der Waals surface area contributed by atoms with Gasteiger partial charge in [-0.2, -0.15) is 4.98 Å². The summed E-state index contributed by atoms with van der Waals surface area (Å²) in [6.07, 6.45) is 3.65. The van der Waals surface area contributed by atoms with E-state index in [1.54, 1.807) is 6.33 Å². The van der Waals surface area contributed by atoms with Crippen LogP contribution in [0.2, 0.25) is 0 Å². The van der Waals surface area contributed by atoms with E-state index in [0.717, 1.165) is 46.4 Å². The lowest BCUT2D eigenvalue weighted by Gasteiger charge is -2.27. The normalized spacial score (nSPS) is 15.1. The number of aromatic nitrogens is 5. The van der Waals surface area contributed by atoms with E-state index in [1.165, 1.54) is 0 Å². The Morgan fingerprint density at radius 2 is 2.04 bits per heavy atom. The van der Waals surface area contributed by atoms with Gasteiger partial charge in [0.15, 0.2) is 5.65 Å². The van der Waals surface area contributed by atoms with Crippen LogP contribution in [-0.2, 0) is 11.3 Å². The molecule has 2 N–H and O–H groups in total. The number of aliphatic hydroxyl groups excluding tert-OH is 1. The van der Waals surface area contributed by atoms with Gasteiger partial charge in [0, 0.05) is 36.9 Å². The Hall–Kier alpha value is -2.97. The fourth-order valence-electron chi connectivity index (χ4n) is 3.51. The van der Waals surface area contributed by atoms with Crippen LogP contribution < -0.4 is 4.90 Å². The Balaban J connectivity index is 1.70. The molecule has 8 heteroatoms. The number of benzene rings is 1. The summed E-state index contributed by atoms with van der Waals surface area (Å²) in [6.45, 7) is 3.34. The number of imidazole rings is 1. The number of fused-ring (bicyclic) bond motifs is 2.